The van der Waals surface area contributed by atoms with E-state index in [1.165, 1.54) is 19.6 Å². The maximum absolute atomic E-state index is 3.12. The van der Waals surface area contributed by atoms with Crippen LogP contribution in [0, 0.1) is 6.08 Å². The quantitative estimate of drug-likeness (QED) is 0.487. The zero-order valence-electron chi connectivity index (χ0n) is 12.7. The second-order valence-electron chi connectivity index (χ2n) is 4.62. The summed E-state index contributed by atoms with van der Waals surface area (Å²) < 4.78 is 1.51. The Hall–Kier alpha value is -0.357. The Morgan fingerprint density at radius 1 is 1.14 bits per heavy atom. The average Bonchev–Trinajstić information content (AvgIpc) is 2.99. The molecule has 0 nitrogen and oxygen atoms in total. The molecule has 0 amide bonds. The van der Waals surface area contributed by atoms with Crippen LogP contribution in [0.25, 0.3) is 10.8 Å². The van der Waals surface area contributed by atoms with Crippen molar-refractivity contribution in [2.24, 2.45) is 0 Å². The van der Waals surface area contributed by atoms with Crippen LogP contribution in [0.3, 0.4) is 0 Å². The van der Waals surface area contributed by atoms with Crippen molar-refractivity contribution in [3.05, 3.63) is 66.3 Å². The van der Waals surface area contributed by atoms with Crippen molar-refractivity contribution >= 4 is 38.8 Å². The first-order chi connectivity index (χ1) is 9.09. The molecule has 3 rings (SSSR count). The fraction of sp³-hybridized carbons (Fsp3) is 0.222. The van der Waals surface area contributed by atoms with Crippen LogP contribution in [-0.2, 0) is 24.2 Å². The molecule has 0 fully saturated rings. The van der Waals surface area contributed by atoms with Crippen LogP contribution in [-0.4, -0.2) is 3.21 Å². The predicted octanol–water partition coefficient (Wildman–Crippen LogP) is 5.84. The van der Waals surface area contributed by atoms with Crippen LogP contribution in [0.15, 0.2) is 60.2 Å². The Morgan fingerprint density at radius 3 is 2.19 bits per heavy atom. The van der Waals surface area contributed by atoms with E-state index in [4.69, 9.17) is 0 Å². The van der Waals surface area contributed by atoms with Gasteiger partial charge >= 0.3 is 41.3 Å². The molecule has 3 heteroatoms. The van der Waals surface area contributed by atoms with Crippen LogP contribution in [0.2, 0.25) is 0 Å². The number of benzene rings is 1. The van der Waals surface area contributed by atoms with E-state index >= 15 is 0 Å². The van der Waals surface area contributed by atoms with E-state index in [9.17, 15) is 0 Å². The first kappa shape index (κ1) is 22.9. The SMILES string of the molecule is CC1=[C-]CC=C1.C[C](C)=[Zr+2].Cl.Cl.c1ccc2[cH-]ccc2c1. The smallest absolute Gasteiger partial charge is 0.0809 e. The van der Waals surface area contributed by atoms with Gasteiger partial charge < -0.3 is 0 Å². The molecule has 0 spiro atoms. The molecule has 1 aliphatic carbocycles. The summed E-state index contributed by atoms with van der Waals surface area (Å²) in [6.45, 7) is 6.31. The van der Waals surface area contributed by atoms with Gasteiger partial charge in [-0.1, -0.05) is 13.0 Å². The summed E-state index contributed by atoms with van der Waals surface area (Å²) in [5.74, 6) is 0. The third-order valence-corrected chi connectivity index (χ3v) is 2.41. The summed E-state index contributed by atoms with van der Waals surface area (Å²) in [5.41, 5.74) is 1.27. The van der Waals surface area contributed by atoms with E-state index in [1.54, 1.807) is 24.2 Å². The second-order valence-corrected chi connectivity index (χ2v) is 7.08. The van der Waals surface area contributed by atoms with E-state index in [-0.39, 0.29) is 24.8 Å². The van der Waals surface area contributed by atoms with Crippen LogP contribution >= 0.6 is 24.8 Å². The Balaban J connectivity index is 0. The summed E-state index contributed by atoms with van der Waals surface area (Å²) >= 11 is 1.55. The molecule has 2 aromatic carbocycles. The summed E-state index contributed by atoms with van der Waals surface area (Å²) in [6, 6.07) is 14.7. The van der Waals surface area contributed by atoms with E-state index in [2.05, 4.69) is 81.5 Å². The molecule has 0 unspecified atom stereocenters. The van der Waals surface area contributed by atoms with Gasteiger partial charge in [-0.05, 0) is 0 Å². The Bertz CT molecular complexity index is 543. The number of halogens is 2. The first-order valence-corrected chi connectivity index (χ1v) is 7.68. The molecule has 1 aliphatic rings. The van der Waals surface area contributed by atoms with Gasteiger partial charge in [0, 0.05) is 0 Å². The maximum atomic E-state index is 3.12. The number of allylic oxidation sites excluding steroid dienone is 4. The largest absolute Gasteiger partial charge is 0.168 e. The van der Waals surface area contributed by atoms with Crippen molar-refractivity contribution in [3.8, 4) is 0 Å². The fourth-order valence-corrected chi connectivity index (χ4v) is 1.58. The predicted molar refractivity (Wildman–Crippen MR) is 96.6 cm³/mol. The molecule has 0 aromatic heterocycles. The molecule has 112 valence electrons. The molecule has 0 atom stereocenters. The molecule has 21 heavy (non-hydrogen) atoms. The molecular weight excluding hydrogens is 378 g/mol. The third kappa shape index (κ3) is 10.9. The number of rotatable bonds is 0. The van der Waals surface area contributed by atoms with Crippen molar-refractivity contribution in [2.45, 2.75) is 27.2 Å². The normalized spacial score (nSPS) is 11.0. The van der Waals surface area contributed by atoms with Gasteiger partial charge in [0.2, 0.25) is 0 Å². The van der Waals surface area contributed by atoms with Crippen LogP contribution in [0.5, 0.6) is 0 Å². The van der Waals surface area contributed by atoms with Crippen molar-refractivity contribution in [1.29, 1.82) is 0 Å². The summed E-state index contributed by atoms with van der Waals surface area (Å²) in [4.78, 5) is 0. The van der Waals surface area contributed by atoms with Crippen molar-refractivity contribution < 1.29 is 24.2 Å². The standard InChI is InChI=1S/C9H7.C6H7.C3H6.2ClH.Zr/c1-2-5-9-7-3-6-8(9)4-1;1-6-4-2-3-5-6;1-3-2;;;/h1-7H;2,4H,3H2,1H3;1-2H3;2*1H;/q2*-1;;;;+2. The monoisotopic (exact) mass is 398 g/mol. The van der Waals surface area contributed by atoms with Crippen LogP contribution < -0.4 is 0 Å². The molecule has 0 bridgehead atoms. The molecule has 0 aliphatic heterocycles. The van der Waals surface area contributed by atoms with Crippen LogP contribution in [0.4, 0.5) is 0 Å². The number of fused-ring (bicyclic) bond motifs is 1. The molecule has 0 N–H and O–H groups in total. The summed E-state index contributed by atoms with van der Waals surface area (Å²) in [5, 5.41) is 2.66. The van der Waals surface area contributed by atoms with Gasteiger partial charge in [-0.15, -0.1) is 60.9 Å². The second kappa shape index (κ2) is 13.3. The summed E-state index contributed by atoms with van der Waals surface area (Å²) in [6.07, 6.45) is 8.33. The molecule has 0 radical (unpaired) electrons. The molecule has 0 saturated carbocycles. The zero-order chi connectivity index (χ0) is 14.1. The van der Waals surface area contributed by atoms with Crippen LogP contribution in [0.1, 0.15) is 27.2 Å². The molecular formula is C18H22Cl2Zr. The van der Waals surface area contributed by atoms with Gasteiger partial charge in [-0.2, -0.15) is 23.6 Å². The number of hydrogen-bond donors (Lipinski definition) is 0. The van der Waals surface area contributed by atoms with Gasteiger partial charge in [0.15, 0.2) is 0 Å². The van der Waals surface area contributed by atoms with E-state index in [0.717, 1.165) is 6.42 Å². The fourth-order valence-electron chi connectivity index (χ4n) is 1.58. The molecule has 0 heterocycles. The first-order valence-electron chi connectivity index (χ1n) is 6.46. The number of hydrogen-bond acceptors (Lipinski definition) is 0. The van der Waals surface area contributed by atoms with Gasteiger partial charge in [-0.25, -0.2) is 11.6 Å². The summed E-state index contributed by atoms with van der Waals surface area (Å²) in [7, 11) is 0. The van der Waals surface area contributed by atoms with Gasteiger partial charge in [0.05, 0.1) is 0 Å². The van der Waals surface area contributed by atoms with Crippen molar-refractivity contribution in [1.82, 2.24) is 0 Å². The Morgan fingerprint density at radius 2 is 1.76 bits per heavy atom. The molecule has 2 aromatic rings. The Kier molecular flexibility index (Phi) is 14.5. The maximum Gasteiger partial charge on any atom is -0.0809 e. The van der Waals surface area contributed by atoms with E-state index < -0.39 is 0 Å². The van der Waals surface area contributed by atoms with E-state index in [1.807, 2.05) is 0 Å². The average molecular weight is 401 g/mol. The minimum absolute atomic E-state index is 0. The van der Waals surface area contributed by atoms with Crippen molar-refractivity contribution in [3.63, 3.8) is 0 Å². The Labute approximate surface area is 155 Å². The minimum Gasteiger partial charge on any atom is -0.168 e. The molecule has 0 saturated heterocycles. The van der Waals surface area contributed by atoms with E-state index in [0.29, 0.717) is 0 Å². The third-order valence-electron chi connectivity index (χ3n) is 2.41. The van der Waals surface area contributed by atoms with Gasteiger partial charge in [-0.3, -0.25) is 6.08 Å². The van der Waals surface area contributed by atoms with Gasteiger partial charge in [0.1, 0.15) is 0 Å². The minimum atomic E-state index is 0. The topological polar surface area (TPSA) is 0 Å². The van der Waals surface area contributed by atoms with Crippen molar-refractivity contribution in [2.75, 3.05) is 0 Å². The zero-order valence-corrected chi connectivity index (χ0v) is 16.8. The van der Waals surface area contributed by atoms with Gasteiger partial charge in [0.25, 0.3) is 0 Å².